The highest BCUT2D eigenvalue weighted by Gasteiger charge is 2.23. The van der Waals surface area contributed by atoms with Crippen molar-refractivity contribution in [3.63, 3.8) is 0 Å². The highest BCUT2D eigenvalue weighted by Crippen LogP contribution is 2.31. The average molecular weight is 238 g/mol. The molecular formula is C13H22N2O2. The van der Waals surface area contributed by atoms with Crippen LogP contribution in [-0.2, 0) is 5.60 Å². The van der Waals surface area contributed by atoms with Gasteiger partial charge in [-0.15, -0.1) is 0 Å². The lowest BCUT2D eigenvalue weighted by Crippen LogP contribution is -2.38. The van der Waals surface area contributed by atoms with Crippen LogP contribution in [-0.4, -0.2) is 18.8 Å². The number of aliphatic hydroxyl groups is 1. The zero-order chi connectivity index (χ0) is 13.1. The Hall–Kier alpha value is -1.10. The van der Waals surface area contributed by atoms with Gasteiger partial charge in [0.2, 0.25) is 0 Å². The van der Waals surface area contributed by atoms with E-state index in [1.165, 1.54) is 0 Å². The SMILES string of the molecule is COc1ccc(C(C)(O)CNN)cc1C(C)C. The fourth-order valence-corrected chi connectivity index (χ4v) is 1.82. The second kappa shape index (κ2) is 5.49. The van der Waals surface area contributed by atoms with Gasteiger partial charge in [0.15, 0.2) is 0 Å². The van der Waals surface area contributed by atoms with E-state index in [9.17, 15) is 5.11 Å². The van der Waals surface area contributed by atoms with Crippen molar-refractivity contribution in [1.29, 1.82) is 0 Å². The Labute approximate surface area is 103 Å². The number of nitrogens with one attached hydrogen (secondary N) is 1. The van der Waals surface area contributed by atoms with Crippen LogP contribution >= 0.6 is 0 Å². The summed E-state index contributed by atoms with van der Waals surface area (Å²) >= 11 is 0. The molecule has 0 radical (unpaired) electrons. The standard InChI is InChI=1S/C13H22N2O2/c1-9(2)11-7-10(5-6-12(11)17-4)13(3,16)8-15-14/h5-7,9,15-16H,8,14H2,1-4H3. The van der Waals surface area contributed by atoms with E-state index in [1.54, 1.807) is 14.0 Å². The molecule has 4 heteroatoms. The van der Waals surface area contributed by atoms with Crippen LogP contribution in [0.5, 0.6) is 5.75 Å². The molecule has 0 aromatic heterocycles. The van der Waals surface area contributed by atoms with E-state index in [0.717, 1.165) is 16.9 Å². The monoisotopic (exact) mass is 238 g/mol. The Morgan fingerprint density at radius 1 is 1.47 bits per heavy atom. The van der Waals surface area contributed by atoms with E-state index in [-0.39, 0.29) is 0 Å². The Morgan fingerprint density at radius 3 is 2.59 bits per heavy atom. The van der Waals surface area contributed by atoms with Gasteiger partial charge in [0.25, 0.3) is 0 Å². The van der Waals surface area contributed by atoms with Crippen LogP contribution < -0.4 is 16.0 Å². The second-order valence-corrected chi connectivity index (χ2v) is 4.77. The summed E-state index contributed by atoms with van der Waals surface area (Å²) in [5.41, 5.74) is 3.44. The summed E-state index contributed by atoms with van der Waals surface area (Å²) in [6.07, 6.45) is 0. The van der Waals surface area contributed by atoms with E-state index < -0.39 is 5.60 Å². The number of rotatable bonds is 5. The molecule has 4 nitrogen and oxygen atoms in total. The summed E-state index contributed by atoms with van der Waals surface area (Å²) in [7, 11) is 1.65. The summed E-state index contributed by atoms with van der Waals surface area (Å²) in [4.78, 5) is 0. The summed E-state index contributed by atoms with van der Waals surface area (Å²) in [6.45, 7) is 6.23. The maximum absolute atomic E-state index is 10.3. The van der Waals surface area contributed by atoms with Crippen molar-refractivity contribution >= 4 is 0 Å². The molecule has 0 amide bonds. The van der Waals surface area contributed by atoms with Gasteiger partial charge in [0, 0.05) is 6.54 Å². The Kier molecular flexibility index (Phi) is 4.51. The van der Waals surface area contributed by atoms with Crippen molar-refractivity contribution < 1.29 is 9.84 Å². The minimum Gasteiger partial charge on any atom is -0.496 e. The first-order chi connectivity index (χ1) is 7.92. The lowest BCUT2D eigenvalue weighted by molar-refractivity contribution is 0.0571. The Balaban J connectivity index is 3.16. The van der Waals surface area contributed by atoms with Crippen molar-refractivity contribution in [3.8, 4) is 5.75 Å². The van der Waals surface area contributed by atoms with Crippen molar-refractivity contribution in [2.45, 2.75) is 32.3 Å². The predicted molar refractivity (Wildman–Crippen MR) is 68.8 cm³/mol. The number of nitrogens with two attached hydrogens (primary N) is 1. The summed E-state index contributed by atoms with van der Waals surface area (Å²) in [5, 5.41) is 10.3. The highest BCUT2D eigenvalue weighted by atomic mass is 16.5. The average Bonchev–Trinajstić information content (AvgIpc) is 2.28. The highest BCUT2D eigenvalue weighted by molar-refractivity contribution is 5.41. The van der Waals surface area contributed by atoms with Gasteiger partial charge in [-0.05, 0) is 36.1 Å². The number of ether oxygens (including phenoxy) is 1. The molecule has 0 saturated heterocycles. The smallest absolute Gasteiger partial charge is 0.122 e. The third-order valence-corrected chi connectivity index (χ3v) is 2.92. The first-order valence-electron chi connectivity index (χ1n) is 5.76. The molecule has 1 unspecified atom stereocenters. The van der Waals surface area contributed by atoms with Gasteiger partial charge >= 0.3 is 0 Å². The molecule has 0 aliphatic rings. The Bertz CT molecular complexity index is 376. The number of benzene rings is 1. The molecule has 4 N–H and O–H groups in total. The molecule has 1 aromatic carbocycles. The van der Waals surface area contributed by atoms with Crippen molar-refractivity contribution in [2.24, 2.45) is 5.84 Å². The fourth-order valence-electron chi connectivity index (χ4n) is 1.82. The summed E-state index contributed by atoms with van der Waals surface area (Å²) in [6, 6.07) is 5.72. The predicted octanol–water partition coefficient (Wildman–Crippen LogP) is 1.49. The largest absolute Gasteiger partial charge is 0.496 e. The molecule has 0 bridgehead atoms. The number of hydrogen-bond acceptors (Lipinski definition) is 4. The molecule has 17 heavy (non-hydrogen) atoms. The lowest BCUT2D eigenvalue weighted by Gasteiger charge is -2.25. The molecule has 96 valence electrons. The fraction of sp³-hybridized carbons (Fsp3) is 0.538. The third-order valence-electron chi connectivity index (χ3n) is 2.92. The van der Waals surface area contributed by atoms with Crippen LogP contribution in [0.3, 0.4) is 0 Å². The molecule has 1 rings (SSSR count). The van der Waals surface area contributed by atoms with Gasteiger partial charge in [0.1, 0.15) is 11.4 Å². The number of hydrogen-bond donors (Lipinski definition) is 3. The lowest BCUT2D eigenvalue weighted by atomic mass is 9.91. The van der Waals surface area contributed by atoms with Crippen molar-refractivity contribution in [2.75, 3.05) is 13.7 Å². The maximum atomic E-state index is 10.3. The third kappa shape index (κ3) is 3.19. The van der Waals surface area contributed by atoms with E-state index >= 15 is 0 Å². The molecule has 1 aromatic rings. The molecule has 0 aliphatic heterocycles. The van der Waals surface area contributed by atoms with E-state index in [1.807, 2.05) is 18.2 Å². The van der Waals surface area contributed by atoms with Gasteiger partial charge in [-0.1, -0.05) is 19.9 Å². The van der Waals surface area contributed by atoms with Gasteiger partial charge < -0.3 is 9.84 Å². The molecule has 0 fully saturated rings. The second-order valence-electron chi connectivity index (χ2n) is 4.77. The molecule has 0 spiro atoms. The van der Waals surface area contributed by atoms with Crippen LogP contribution in [0.1, 0.15) is 37.8 Å². The van der Waals surface area contributed by atoms with E-state index in [4.69, 9.17) is 10.6 Å². The van der Waals surface area contributed by atoms with Gasteiger partial charge in [-0.3, -0.25) is 11.3 Å². The first kappa shape index (κ1) is 14.0. The quantitative estimate of drug-likeness (QED) is 0.537. The summed E-state index contributed by atoms with van der Waals surface area (Å²) in [5.74, 6) is 6.46. The molecule has 1 atom stereocenters. The van der Waals surface area contributed by atoms with Crippen molar-refractivity contribution in [1.82, 2.24) is 5.43 Å². The van der Waals surface area contributed by atoms with Crippen LogP contribution in [0.4, 0.5) is 0 Å². The first-order valence-corrected chi connectivity index (χ1v) is 5.76. The van der Waals surface area contributed by atoms with E-state index in [2.05, 4.69) is 19.3 Å². The minimum absolute atomic E-state index is 0.302. The normalized spacial score (nSPS) is 14.8. The summed E-state index contributed by atoms with van der Waals surface area (Å²) < 4.78 is 5.31. The molecular weight excluding hydrogens is 216 g/mol. The van der Waals surface area contributed by atoms with Gasteiger partial charge in [-0.25, -0.2) is 0 Å². The van der Waals surface area contributed by atoms with Crippen LogP contribution in [0, 0.1) is 0 Å². The van der Waals surface area contributed by atoms with Crippen LogP contribution in [0.25, 0.3) is 0 Å². The Morgan fingerprint density at radius 2 is 2.12 bits per heavy atom. The number of hydrazine groups is 1. The minimum atomic E-state index is -0.981. The topological polar surface area (TPSA) is 67.5 Å². The molecule has 0 heterocycles. The van der Waals surface area contributed by atoms with Crippen molar-refractivity contribution in [3.05, 3.63) is 29.3 Å². The maximum Gasteiger partial charge on any atom is 0.122 e. The zero-order valence-electron chi connectivity index (χ0n) is 10.9. The van der Waals surface area contributed by atoms with Crippen LogP contribution in [0.2, 0.25) is 0 Å². The molecule has 0 aliphatic carbocycles. The van der Waals surface area contributed by atoms with Gasteiger partial charge in [0.05, 0.1) is 7.11 Å². The number of methoxy groups -OCH3 is 1. The van der Waals surface area contributed by atoms with E-state index in [0.29, 0.717) is 12.5 Å². The molecule has 0 saturated carbocycles. The zero-order valence-corrected chi connectivity index (χ0v) is 10.9. The van der Waals surface area contributed by atoms with Crippen LogP contribution in [0.15, 0.2) is 18.2 Å². The van der Waals surface area contributed by atoms with Gasteiger partial charge in [-0.2, -0.15) is 0 Å².